The minimum atomic E-state index is 0. The maximum absolute atomic E-state index is 6.32. The molecule has 0 unspecified atom stereocenters. The molecule has 3 aliphatic heterocycles. The molecule has 0 spiro atoms. The van der Waals surface area contributed by atoms with E-state index in [1.807, 2.05) is 6.07 Å². The Balaban J connectivity index is 0.00000228. The molecule has 4 heterocycles. The number of likely N-dealkylation sites (tertiary alicyclic amines) is 1. The number of fused-ring (bicyclic) bond motifs is 5. The number of ether oxygens (including phenoxy) is 4. The second kappa shape index (κ2) is 9.39. The highest BCUT2D eigenvalue weighted by molar-refractivity contribution is 5.91. The first-order chi connectivity index (χ1) is 15.8. The molecule has 6 nitrogen and oxygen atoms in total. The Bertz CT molecular complexity index is 1180. The van der Waals surface area contributed by atoms with Crippen LogP contribution < -0.4 is 40.5 Å². The second-order valence-electron chi connectivity index (χ2n) is 8.82. The van der Waals surface area contributed by atoms with Crippen molar-refractivity contribution in [3.8, 4) is 34.3 Å². The van der Waals surface area contributed by atoms with Gasteiger partial charge in [0.1, 0.15) is 0 Å². The van der Waals surface area contributed by atoms with Crippen molar-refractivity contribution in [1.29, 1.82) is 0 Å². The molecule has 1 saturated heterocycles. The highest BCUT2D eigenvalue weighted by Gasteiger charge is 2.28. The number of rotatable bonds is 6. The fourth-order valence-electron chi connectivity index (χ4n) is 5.18. The standard InChI is InChI=1S/C26H29N2O4.BrH/c1-29-23-6-5-18-13-22-20-15-25-24(31-17-32-25)14-19(20)7-11-28(22)16-21(18)26(23)30-12-4-10-27-8-2-3-9-27;/h5-6,13-16H,2-4,7-12,17H2,1H3;1H/q+1;/p-1. The van der Waals surface area contributed by atoms with Crippen LogP contribution >= 0.6 is 0 Å². The Morgan fingerprint density at radius 3 is 2.70 bits per heavy atom. The van der Waals surface area contributed by atoms with E-state index in [4.69, 9.17) is 18.9 Å². The van der Waals surface area contributed by atoms with Gasteiger partial charge in [0.2, 0.25) is 12.5 Å². The number of pyridine rings is 1. The van der Waals surface area contributed by atoms with Gasteiger partial charge in [-0.05, 0) is 67.6 Å². The first-order valence-corrected chi connectivity index (χ1v) is 11.6. The number of benzene rings is 2. The monoisotopic (exact) mass is 512 g/mol. The minimum Gasteiger partial charge on any atom is -1.00 e. The summed E-state index contributed by atoms with van der Waals surface area (Å²) in [6.45, 7) is 5.46. The van der Waals surface area contributed by atoms with Crippen molar-refractivity contribution >= 4 is 10.8 Å². The molecular weight excluding hydrogens is 484 g/mol. The lowest BCUT2D eigenvalue weighted by atomic mass is 9.95. The fraction of sp³-hybridized carbons (Fsp3) is 0.423. The van der Waals surface area contributed by atoms with Gasteiger partial charge in [0, 0.05) is 19.0 Å². The van der Waals surface area contributed by atoms with E-state index >= 15 is 0 Å². The van der Waals surface area contributed by atoms with Gasteiger partial charge in [0.25, 0.3) is 0 Å². The smallest absolute Gasteiger partial charge is 0.231 e. The highest BCUT2D eigenvalue weighted by atomic mass is 79.9. The number of hydrogen-bond acceptors (Lipinski definition) is 5. The van der Waals surface area contributed by atoms with Crippen LogP contribution in [0.25, 0.3) is 22.0 Å². The average Bonchev–Trinajstić information content (AvgIpc) is 3.51. The molecule has 0 aliphatic carbocycles. The van der Waals surface area contributed by atoms with E-state index in [0.29, 0.717) is 13.4 Å². The maximum Gasteiger partial charge on any atom is 0.231 e. The first-order valence-electron chi connectivity index (χ1n) is 11.6. The van der Waals surface area contributed by atoms with Gasteiger partial charge in [-0.2, -0.15) is 4.57 Å². The molecule has 0 bridgehead atoms. The number of aromatic nitrogens is 1. The maximum atomic E-state index is 6.32. The van der Waals surface area contributed by atoms with Crippen LogP contribution in [-0.2, 0) is 13.0 Å². The predicted molar refractivity (Wildman–Crippen MR) is 122 cm³/mol. The third kappa shape index (κ3) is 4.13. The van der Waals surface area contributed by atoms with Gasteiger partial charge in [-0.1, -0.05) is 0 Å². The molecule has 7 heteroatoms. The van der Waals surface area contributed by atoms with Gasteiger partial charge in [0.05, 0.1) is 24.7 Å². The van der Waals surface area contributed by atoms with Crippen molar-refractivity contribution in [2.45, 2.75) is 32.2 Å². The summed E-state index contributed by atoms with van der Waals surface area (Å²) < 4.78 is 25.5. The lowest BCUT2D eigenvalue weighted by molar-refractivity contribution is -0.686. The van der Waals surface area contributed by atoms with Crippen LogP contribution in [0.3, 0.4) is 0 Å². The van der Waals surface area contributed by atoms with Crippen molar-refractivity contribution < 1.29 is 40.5 Å². The molecule has 33 heavy (non-hydrogen) atoms. The molecule has 1 aromatic heterocycles. The lowest BCUT2D eigenvalue weighted by Crippen LogP contribution is -3.00. The zero-order valence-electron chi connectivity index (χ0n) is 18.9. The van der Waals surface area contributed by atoms with E-state index in [2.05, 4.69) is 39.9 Å². The van der Waals surface area contributed by atoms with E-state index in [1.54, 1.807) is 7.11 Å². The Kier molecular flexibility index (Phi) is 6.34. The van der Waals surface area contributed by atoms with Crippen LogP contribution in [-0.4, -0.2) is 45.0 Å². The summed E-state index contributed by atoms with van der Waals surface area (Å²) in [7, 11) is 1.71. The molecule has 6 rings (SSSR count). The van der Waals surface area contributed by atoms with E-state index in [1.165, 1.54) is 42.8 Å². The molecule has 3 aliphatic rings. The summed E-state index contributed by atoms with van der Waals surface area (Å²) in [6.07, 6.45) is 6.86. The van der Waals surface area contributed by atoms with Crippen molar-refractivity contribution in [3.05, 3.63) is 42.1 Å². The van der Waals surface area contributed by atoms with Crippen LogP contribution in [0.15, 0.2) is 36.5 Å². The number of aryl methyl sites for hydroxylation is 2. The Hall–Kier alpha value is -2.51. The predicted octanol–water partition coefficient (Wildman–Crippen LogP) is 0.956. The molecule has 1 fully saturated rings. The second-order valence-corrected chi connectivity index (χ2v) is 8.82. The van der Waals surface area contributed by atoms with Crippen LogP contribution in [0.1, 0.15) is 24.8 Å². The van der Waals surface area contributed by atoms with Crippen LogP contribution in [0, 0.1) is 0 Å². The molecule has 174 valence electrons. The molecule has 0 amide bonds. The van der Waals surface area contributed by atoms with Crippen molar-refractivity contribution in [2.75, 3.05) is 40.1 Å². The topological polar surface area (TPSA) is 44.0 Å². The van der Waals surface area contributed by atoms with Gasteiger partial charge in [-0.15, -0.1) is 0 Å². The molecule has 0 atom stereocenters. The summed E-state index contributed by atoms with van der Waals surface area (Å²) in [6, 6.07) is 10.6. The summed E-state index contributed by atoms with van der Waals surface area (Å²) in [5.41, 5.74) is 3.72. The normalized spacial score (nSPS) is 16.3. The van der Waals surface area contributed by atoms with Crippen molar-refractivity contribution in [3.63, 3.8) is 0 Å². The first kappa shape index (κ1) is 22.3. The quantitative estimate of drug-likeness (QED) is 0.363. The van der Waals surface area contributed by atoms with Gasteiger partial charge in [-0.25, -0.2) is 0 Å². The van der Waals surface area contributed by atoms with Crippen LogP contribution in [0.2, 0.25) is 0 Å². The van der Waals surface area contributed by atoms with E-state index in [0.717, 1.165) is 59.7 Å². The van der Waals surface area contributed by atoms with Crippen molar-refractivity contribution in [2.24, 2.45) is 0 Å². The Morgan fingerprint density at radius 1 is 1.06 bits per heavy atom. The number of hydrogen-bond donors (Lipinski definition) is 0. The molecule has 2 aromatic carbocycles. The van der Waals surface area contributed by atoms with Gasteiger partial charge in [0.15, 0.2) is 35.7 Å². The highest BCUT2D eigenvalue weighted by Crippen LogP contribution is 2.41. The molecule has 0 radical (unpaired) electrons. The summed E-state index contributed by atoms with van der Waals surface area (Å²) in [4.78, 5) is 2.53. The number of nitrogens with zero attached hydrogens (tertiary/aromatic N) is 2. The molecular formula is C26H29BrN2O4. The average molecular weight is 513 g/mol. The van der Waals surface area contributed by atoms with Crippen molar-refractivity contribution in [1.82, 2.24) is 4.90 Å². The lowest BCUT2D eigenvalue weighted by Gasteiger charge is -2.18. The SMILES string of the molecule is COc1ccc2cc3[n+](cc2c1OCCCN1CCCC1)CCc1cc2c(cc1-3)OCO2.[Br-]. The fourth-order valence-corrected chi connectivity index (χ4v) is 5.18. The molecule has 0 saturated carbocycles. The Labute approximate surface area is 204 Å². The van der Waals surface area contributed by atoms with E-state index in [9.17, 15) is 0 Å². The van der Waals surface area contributed by atoms with Crippen LogP contribution in [0.4, 0.5) is 0 Å². The van der Waals surface area contributed by atoms with Gasteiger partial charge < -0.3 is 40.8 Å². The third-order valence-electron chi connectivity index (χ3n) is 6.86. The summed E-state index contributed by atoms with van der Waals surface area (Å²) >= 11 is 0. The summed E-state index contributed by atoms with van der Waals surface area (Å²) in [5.74, 6) is 3.32. The third-order valence-corrected chi connectivity index (χ3v) is 6.86. The summed E-state index contributed by atoms with van der Waals surface area (Å²) in [5, 5.41) is 2.25. The zero-order valence-corrected chi connectivity index (χ0v) is 20.5. The largest absolute Gasteiger partial charge is 1.00 e. The number of halogens is 1. The number of methoxy groups -OCH3 is 1. The minimum absolute atomic E-state index is 0. The molecule has 3 aromatic rings. The van der Waals surface area contributed by atoms with Gasteiger partial charge >= 0.3 is 0 Å². The van der Waals surface area contributed by atoms with Crippen LogP contribution in [0.5, 0.6) is 23.0 Å². The molecule has 0 N–H and O–H groups in total. The Morgan fingerprint density at radius 2 is 1.88 bits per heavy atom. The van der Waals surface area contributed by atoms with E-state index in [-0.39, 0.29) is 17.0 Å². The zero-order chi connectivity index (χ0) is 21.5. The van der Waals surface area contributed by atoms with Gasteiger partial charge in [-0.3, -0.25) is 0 Å². The van der Waals surface area contributed by atoms with E-state index < -0.39 is 0 Å².